The van der Waals surface area contributed by atoms with Gasteiger partial charge in [0.05, 0.1) is 6.33 Å². The maximum atomic E-state index is 14.9. The van der Waals surface area contributed by atoms with E-state index >= 15 is 0 Å². The lowest BCUT2D eigenvalue weighted by atomic mass is 10.0. The number of carbonyl (C=O) groups is 3. The number of ketones is 1. The lowest BCUT2D eigenvalue weighted by Crippen LogP contribution is -2.49. The number of nitrogen functional groups attached to an aromatic ring is 1. The van der Waals surface area contributed by atoms with Crippen molar-refractivity contribution >= 4 is 35.0 Å². The zero-order valence-electron chi connectivity index (χ0n) is 22.5. The predicted molar refractivity (Wildman–Crippen MR) is 141 cm³/mol. The number of hydrogen-bond donors (Lipinski definition) is 4. The Balaban J connectivity index is 1.35. The summed E-state index contributed by atoms with van der Waals surface area (Å²) in [5.41, 5.74) is 5.74. The number of alkyl halides is 1. The molecular weight excluding hydrogens is 543 g/mol. The van der Waals surface area contributed by atoms with Gasteiger partial charge in [0.1, 0.15) is 37.3 Å². The molecule has 1 aliphatic rings. The van der Waals surface area contributed by atoms with Gasteiger partial charge < -0.3 is 30.4 Å². The summed E-state index contributed by atoms with van der Waals surface area (Å²) in [7, 11) is 0. The van der Waals surface area contributed by atoms with Crippen molar-refractivity contribution in [2.45, 2.75) is 70.6 Å². The number of amides is 1. The van der Waals surface area contributed by atoms with Crippen LogP contribution in [0.5, 0.6) is 0 Å². The van der Waals surface area contributed by atoms with Crippen molar-refractivity contribution in [2.24, 2.45) is 5.92 Å². The molecule has 0 radical (unpaired) electrons. The number of aliphatic hydroxyl groups excluding tert-OH is 1. The van der Waals surface area contributed by atoms with Crippen molar-refractivity contribution in [2.75, 3.05) is 5.73 Å². The highest BCUT2D eigenvalue weighted by atomic mass is 19.1. The standard InChI is InChI=1S/C26H31FN6O8/c1-12(2)17(30-26(38)39-10-14-7-5-4-6-8-14)24(37)40-13(3)19(34)20(35)21-15(27)9-16(41-21)33-11-29-18-22(33)31-25(28)32-23(18)36/h4-8,11-13,15-17,20-21,35H,9-10H2,1-3H3,(H,30,38)(H3,28,31,32,36)/t13-,15-,16+,17-,20?,21-/m0/s1. The summed E-state index contributed by atoms with van der Waals surface area (Å²) in [6.07, 6.45) is -7.85. The largest absolute Gasteiger partial charge is 0.453 e. The lowest BCUT2D eigenvalue weighted by Gasteiger charge is -2.25. The minimum absolute atomic E-state index is 0.0186. The number of benzene rings is 1. The van der Waals surface area contributed by atoms with E-state index in [-0.39, 0.29) is 30.1 Å². The van der Waals surface area contributed by atoms with E-state index < -0.39 is 66.1 Å². The van der Waals surface area contributed by atoms with Crippen LogP contribution in [-0.2, 0) is 30.4 Å². The number of aliphatic hydroxyl groups is 1. The summed E-state index contributed by atoms with van der Waals surface area (Å²) < 4.78 is 32.2. The van der Waals surface area contributed by atoms with Crippen LogP contribution in [0.4, 0.5) is 15.1 Å². The van der Waals surface area contributed by atoms with E-state index in [1.54, 1.807) is 38.1 Å². The first-order valence-electron chi connectivity index (χ1n) is 12.9. The molecule has 41 heavy (non-hydrogen) atoms. The smallest absolute Gasteiger partial charge is 0.408 e. The van der Waals surface area contributed by atoms with Gasteiger partial charge in [-0.15, -0.1) is 0 Å². The molecule has 0 saturated carbocycles. The van der Waals surface area contributed by atoms with Gasteiger partial charge in [0, 0.05) is 6.42 Å². The molecule has 14 nitrogen and oxygen atoms in total. The Bertz CT molecular complexity index is 1460. The molecule has 1 aromatic carbocycles. The molecule has 3 aromatic rings. The number of alkyl carbamates (subject to hydrolysis) is 1. The van der Waals surface area contributed by atoms with Gasteiger partial charge in [0.2, 0.25) is 11.7 Å². The van der Waals surface area contributed by atoms with Gasteiger partial charge in [-0.25, -0.2) is 19.0 Å². The minimum Gasteiger partial charge on any atom is -0.453 e. The Morgan fingerprint density at radius 1 is 1.27 bits per heavy atom. The fourth-order valence-electron chi connectivity index (χ4n) is 4.35. The summed E-state index contributed by atoms with van der Waals surface area (Å²) >= 11 is 0. The third-order valence-corrected chi connectivity index (χ3v) is 6.56. The Morgan fingerprint density at radius 2 is 1.98 bits per heavy atom. The maximum Gasteiger partial charge on any atom is 0.408 e. The molecule has 3 heterocycles. The molecule has 1 unspecified atom stereocenters. The number of H-pyrrole nitrogens is 1. The van der Waals surface area contributed by atoms with Gasteiger partial charge in [-0.1, -0.05) is 44.2 Å². The highest BCUT2D eigenvalue weighted by Gasteiger charge is 2.45. The second kappa shape index (κ2) is 12.4. The number of Topliss-reactive ketones (excluding diaryl/α,β-unsaturated/α-hetero) is 1. The van der Waals surface area contributed by atoms with Crippen molar-refractivity contribution in [3.63, 3.8) is 0 Å². The molecule has 6 atom stereocenters. The fourth-order valence-corrected chi connectivity index (χ4v) is 4.35. The van der Waals surface area contributed by atoms with E-state index in [9.17, 15) is 28.7 Å². The molecule has 0 spiro atoms. The number of imidazole rings is 1. The number of halogens is 1. The first kappa shape index (κ1) is 29.6. The third-order valence-electron chi connectivity index (χ3n) is 6.56. The number of carbonyl (C=O) groups excluding carboxylic acids is 3. The van der Waals surface area contributed by atoms with E-state index in [4.69, 9.17) is 19.9 Å². The number of esters is 1. The zero-order valence-corrected chi connectivity index (χ0v) is 22.5. The van der Waals surface area contributed by atoms with Crippen LogP contribution in [0, 0.1) is 5.92 Å². The van der Waals surface area contributed by atoms with E-state index in [0.717, 1.165) is 5.56 Å². The topological polar surface area (TPSA) is 201 Å². The summed E-state index contributed by atoms with van der Waals surface area (Å²) in [6.45, 7) is 4.51. The summed E-state index contributed by atoms with van der Waals surface area (Å²) in [5.74, 6) is -2.56. The van der Waals surface area contributed by atoms with E-state index in [0.29, 0.717) is 0 Å². The van der Waals surface area contributed by atoms with Crippen molar-refractivity contribution in [1.82, 2.24) is 24.8 Å². The molecule has 4 rings (SSSR count). The third kappa shape index (κ3) is 6.69. The normalized spacial score (nSPS) is 20.9. The quantitative estimate of drug-likeness (QED) is 0.253. The number of nitrogens with two attached hydrogens (primary N) is 1. The summed E-state index contributed by atoms with van der Waals surface area (Å²) in [5, 5.41) is 13.1. The van der Waals surface area contributed by atoms with Gasteiger partial charge in [-0.2, -0.15) is 4.98 Å². The highest BCUT2D eigenvalue weighted by molar-refractivity contribution is 5.90. The van der Waals surface area contributed by atoms with E-state index in [2.05, 4.69) is 20.3 Å². The van der Waals surface area contributed by atoms with Crippen LogP contribution >= 0.6 is 0 Å². The Hall–Kier alpha value is -4.37. The minimum atomic E-state index is -1.99. The SMILES string of the molecule is CC(C)[C@H](NC(=O)OCc1ccccc1)C(=O)O[C@@H](C)C(=O)C(O)[C@H]1O[C@@H](n2cnc3c(=O)[nH]c(N)nc32)C[C@@H]1F. The van der Waals surface area contributed by atoms with Gasteiger partial charge in [-0.05, 0) is 18.4 Å². The van der Waals surface area contributed by atoms with Gasteiger partial charge >= 0.3 is 12.1 Å². The first-order valence-corrected chi connectivity index (χ1v) is 12.9. The first-order chi connectivity index (χ1) is 19.5. The molecule has 1 fully saturated rings. The Kier molecular flexibility index (Phi) is 8.98. The number of ether oxygens (including phenoxy) is 3. The van der Waals surface area contributed by atoms with Gasteiger partial charge in [0.15, 0.2) is 17.3 Å². The Morgan fingerprint density at radius 3 is 2.66 bits per heavy atom. The van der Waals surface area contributed by atoms with Crippen LogP contribution in [0.25, 0.3) is 11.2 Å². The van der Waals surface area contributed by atoms with E-state index in [1.165, 1.54) is 17.8 Å². The fraction of sp³-hybridized carbons (Fsp3) is 0.462. The number of anilines is 1. The molecule has 15 heteroatoms. The van der Waals surface area contributed by atoms with Crippen LogP contribution in [0.3, 0.4) is 0 Å². The second-order valence-electron chi connectivity index (χ2n) is 9.94. The number of aromatic amines is 1. The van der Waals surface area contributed by atoms with Crippen LogP contribution in [0.15, 0.2) is 41.5 Å². The lowest BCUT2D eigenvalue weighted by molar-refractivity contribution is -0.163. The Labute approximate surface area is 233 Å². The summed E-state index contributed by atoms with van der Waals surface area (Å²) in [6, 6.07) is 7.76. The average molecular weight is 575 g/mol. The molecular formula is C26H31FN6O8. The van der Waals surface area contributed by atoms with Crippen LogP contribution in [-0.4, -0.2) is 73.0 Å². The average Bonchev–Trinajstić information content (AvgIpc) is 3.53. The van der Waals surface area contributed by atoms with Crippen molar-refractivity contribution in [3.05, 3.63) is 52.6 Å². The highest BCUT2D eigenvalue weighted by Crippen LogP contribution is 2.34. The monoisotopic (exact) mass is 574 g/mol. The van der Waals surface area contributed by atoms with Crippen molar-refractivity contribution in [1.29, 1.82) is 0 Å². The molecule has 220 valence electrons. The van der Waals surface area contributed by atoms with Crippen molar-refractivity contribution < 1.29 is 38.1 Å². The number of hydrogen-bond acceptors (Lipinski definition) is 11. The van der Waals surface area contributed by atoms with Gasteiger partial charge in [-0.3, -0.25) is 19.1 Å². The zero-order chi connectivity index (χ0) is 29.8. The maximum absolute atomic E-state index is 14.9. The molecule has 1 saturated heterocycles. The van der Waals surface area contributed by atoms with Crippen LogP contribution in [0.1, 0.15) is 39.0 Å². The molecule has 1 amide bonds. The van der Waals surface area contributed by atoms with Crippen molar-refractivity contribution in [3.8, 4) is 0 Å². The number of nitrogens with zero attached hydrogens (tertiary/aromatic N) is 3. The van der Waals surface area contributed by atoms with Crippen LogP contribution in [0.2, 0.25) is 0 Å². The predicted octanol–water partition coefficient (Wildman–Crippen LogP) is 1.14. The number of aromatic nitrogens is 4. The summed E-state index contributed by atoms with van der Waals surface area (Å²) in [4.78, 5) is 60.3. The van der Waals surface area contributed by atoms with Gasteiger partial charge in [0.25, 0.3) is 5.56 Å². The molecule has 2 aromatic heterocycles. The molecule has 5 N–H and O–H groups in total. The number of rotatable bonds is 10. The molecule has 0 bridgehead atoms. The van der Waals surface area contributed by atoms with E-state index in [1.807, 2.05) is 6.07 Å². The molecule has 1 aliphatic heterocycles. The number of nitrogens with one attached hydrogen (secondary N) is 2. The second-order valence-corrected chi connectivity index (χ2v) is 9.94. The number of fused-ring (bicyclic) bond motifs is 1. The van der Waals surface area contributed by atoms with Crippen LogP contribution < -0.4 is 16.6 Å². The molecule has 0 aliphatic carbocycles.